The van der Waals surface area contributed by atoms with Crippen LogP contribution in [0.25, 0.3) is 0 Å². The van der Waals surface area contributed by atoms with E-state index in [1.165, 1.54) is 14.2 Å². The van der Waals surface area contributed by atoms with Crippen LogP contribution in [0.5, 0.6) is 0 Å². The number of ketones is 1. The van der Waals surface area contributed by atoms with Crippen LogP contribution in [-0.2, 0) is 14.3 Å². The molecule has 1 unspecified atom stereocenters. The molecule has 1 rings (SSSR count). The lowest BCUT2D eigenvalue weighted by Crippen LogP contribution is -2.49. The number of rotatable bonds is 6. The van der Waals surface area contributed by atoms with E-state index in [2.05, 4.69) is 0 Å². The van der Waals surface area contributed by atoms with Crippen molar-refractivity contribution in [2.24, 2.45) is 0 Å². The lowest BCUT2D eigenvalue weighted by molar-refractivity contribution is -0.556. The molecule has 0 heterocycles. The molecule has 0 bridgehead atoms. The zero-order valence-electron chi connectivity index (χ0n) is 10.3. The van der Waals surface area contributed by atoms with Crippen molar-refractivity contribution in [3.63, 3.8) is 0 Å². The number of hydrogen-bond donors (Lipinski definition) is 0. The monoisotopic (exact) mass is 245 g/mol. The molecule has 98 valence electrons. The molecule has 17 heavy (non-hydrogen) atoms. The summed E-state index contributed by atoms with van der Waals surface area (Å²) in [4.78, 5) is 22.6. The first-order chi connectivity index (χ1) is 8.06. The maximum Gasteiger partial charge on any atom is 0.279 e. The average molecular weight is 245 g/mol. The van der Waals surface area contributed by atoms with Crippen LogP contribution in [0.1, 0.15) is 38.5 Å². The minimum absolute atomic E-state index is 0.186. The number of nitro groups is 1. The maximum absolute atomic E-state index is 11.8. The number of hydrogen-bond acceptors (Lipinski definition) is 5. The van der Waals surface area contributed by atoms with Crippen LogP contribution in [0.4, 0.5) is 0 Å². The van der Waals surface area contributed by atoms with Gasteiger partial charge in [-0.15, -0.1) is 0 Å². The molecule has 6 heteroatoms. The summed E-state index contributed by atoms with van der Waals surface area (Å²) in [7, 11) is 2.96. The molecule has 0 aliphatic heterocycles. The topological polar surface area (TPSA) is 78.7 Å². The van der Waals surface area contributed by atoms with Crippen molar-refractivity contribution in [2.45, 2.75) is 50.4 Å². The van der Waals surface area contributed by atoms with E-state index in [4.69, 9.17) is 9.47 Å². The summed E-state index contributed by atoms with van der Waals surface area (Å²) in [5.41, 5.74) is -1.41. The van der Waals surface area contributed by atoms with Crippen LogP contribution in [0, 0.1) is 10.1 Å². The molecule has 1 saturated carbocycles. The molecule has 0 amide bonds. The number of Topliss-reactive ketones (excluding diaryl/α,β-unsaturated/α-hetero) is 1. The van der Waals surface area contributed by atoms with E-state index in [0.29, 0.717) is 19.3 Å². The second-order valence-corrected chi connectivity index (χ2v) is 4.36. The standard InChI is InChI=1S/C11H19NO5/c1-16-10(17-2)6-8-11(12(14)15)7-4-3-5-9(11)13/h10H,3-8H2,1-2H3. The van der Waals surface area contributed by atoms with Gasteiger partial charge in [0.15, 0.2) is 6.29 Å². The lowest BCUT2D eigenvalue weighted by Gasteiger charge is -2.28. The average Bonchev–Trinajstić information content (AvgIpc) is 2.32. The summed E-state index contributed by atoms with van der Waals surface area (Å²) in [6.07, 6.45) is 2.20. The number of carbonyl (C=O) groups is 1. The van der Waals surface area contributed by atoms with Crippen LogP contribution in [0.2, 0.25) is 0 Å². The van der Waals surface area contributed by atoms with Gasteiger partial charge in [0.1, 0.15) is 0 Å². The first kappa shape index (κ1) is 14.1. The molecular weight excluding hydrogens is 226 g/mol. The summed E-state index contributed by atoms with van der Waals surface area (Å²) in [6, 6.07) is 0. The van der Waals surface area contributed by atoms with Gasteiger partial charge in [-0.3, -0.25) is 14.9 Å². The summed E-state index contributed by atoms with van der Waals surface area (Å²) < 4.78 is 9.99. The molecule has 1 aliphatic rings. The predicted octanol–water partition coefficient (Wildman–Crippen LogP) is 1.54. The summed E-state index contributed by atoms with van der Waals surface area (Å²) in [5, 5.41) is 11.2. The fourth-order valence-electron chi connectivity index (χ4n) is 2.31. The zero-order valence-corrected chi connectivity index (χ0v) is 10.3. The van der Waals surface area contributed by atoms with Gasteiger partial charge < -0.3 is 9.47 Å². The molecular formula is C11H19NO5. The summed E-state index contributed by atoms with van der Waals surface area (Å²) in [5.74, 6) is -0.250. The van der Waals surface area contributed by atoms with Gasteiger partial charge in [-0.25, -0.2) is 0 Å². The van der Waals surface area contributed by atoms with E-state index >= 15 is 0 Å². The fourth-order valence-corrected chi connectivity index (χ4v) is 2.31. The van der Waals surface area contributed by atoms with Crippen molar-refractivity contribution in [3.8, 4) is 0 Å². The first-order valence-corrected chi connectivity index (χ1v) is 5.80. The molecule has 1 atom stereocenters. The number of ether oxygens (including phenoxy) is 2. The van der Waals surface area contributed by atoms with Gasteiger partial charge in [0.25, 0.3) is 5.54 Å². The lowest BCUT2D eigenvalue weighted by atomic mass is 9.78. The molecule has 6 nitrogen and oxygen atoms in total. The highest BCUT2D eigenvalue weighted by atomic mass is 16.7. The van der Waals surface area contributed by atoms with Gasteiger partial charge in [0.05, 0.1) is 0 Å². The van der Waals surface area contributed by atoms with E-state index in [1.807, 2.05) is 0 Å². The van der Waals surface area contributed by atoms with Gasteiger partial charge in [-0.05, 0) is 12.8 Å². The Hall–Kier alpha value is -1.01. The highest BCUT2D eigenvalue weighted by Crippen LogP contribution is 2.32. The third kappa shape index (κ3) is 3.01. The Morgan fingerprint density at radius 2 is 2.06 bits per heavy atom. The number of methoxy groups -OCH3 is 2. The van der Waals surface area contributed by atoms with Gasteiger partial charge in [-0.1, -0.05) is 0 Å². The van der Waals surface area contributed by atoms with Crippen LogP contribution in [-0.4, -0.2) is 36.8 Å². The highest BCUT2D eigenvalue weighted by molar-refractivity contribution is 5.87. The van der Waals surface area contributed by atoms with Crippen molar-refractivity contribution in [2.75, 3.05) is 14.2 Å². The fraction of sp³-hybridized carbons (Fsp3) is 0.909. The van der Waals surface area contributed by atoms with E-state index in [1.54, 1.807) is 0 Å². The van der Waals surface area contributed by atoms with Crippen molar-refractivity contribution in [1.29, 1.82) is 0 Å². The van der Waals surface area contributed by atoms with Gasteiger partial charge in [0, 0.05) is 44.8 Å². The molecule has 0 spiro atoms. The van der Waals surface area contributed by atoms with Crippen molar-refractivity contribution in [1.82, 2.24) is 0 Å². The Morgan fingerprint density at radius 3 is 2.53 bits per heavy atom. The van der Waals surface area contributed by atoms with E-state index in [-0.39, 0.29) is 12.2 Å². The van der Waals surface area contributed by atoms with Gasteiger partial charge >= 0.3 is 0 Å². The Kier molecular flexibility index (Phi) is 5.02. The van der Waals surface area contributed by atoms with Crippen LogP contribution < -0.4 is 0 Å². The number of carbonyl (C=O) groups excluding carboxylic acids is 1. The minimum atomic E-state index is -1.41. The largest absolute Gasteiger partial charge is 0.356 e. The third-order valence-electron chi connectivity index (χ3n) is 3.43. The van der Waals surface area contributed by atoms with Gasteiger partial charge in [0.2, 0.25) is 5.78 Å². The minimum Gasteiger partial charge on any atom is -0.356 e. The molecule has 0 aromatic carbocycles. The molecule has 0 aromatic rings. The van der Waals surface area contributed by atoms with Crippen molar-refractivity contribution < 1.29 is 19.2 Å². The first-order valence-electron chi connectivity index (χ1n) is 5.80. The molecule has 1 aliphatic carbocycles. The normalized spacial score (nSPS) is 25.2. The zero-order chi connectivity index (χ0) is 12.9. The van der Waals surface area contributed by atoms with E-state index in [9.17, 15) is 14.9 Å². The molecule has 1 fully saturated rings. The predicted molar refractivity (Wildman–Crippen MR) is 60.2 cm³/mol. The summed E-state index contributed by atoms with van der Waals surface area (Å²) >= 11 is 0. The van der Waals surface area contributed by atoms with E-state index in [0.717, 1.165) is 12.8 Å². The van der Waals surface area contributed by atoms with Crippen LogP contribution >= 0.6 is 0 Å². The Labute approximate surface area is 100 Å². The van der Waals surface area contributed by atoms with Crippen LogP contribution in [0.15, 0.2) is 0 Å². The summed E-state index contributed by atoms with van der Waals surface area (Å²) in [6.45, 7) is 0. The second kappa shape index (κ2) is 6.07. The van der Waals surface area contributed by atoms with Crippen molar-refractivity contribution >= 4 is 5.78 Å². The highest BCUT2D eigenvalue weighted by Gasteiger charge is 2.51. The third-order valence-corrected chi connectivity index (χ3v) is 3.43. The molecule has 0 radical (unpaired) electrons. The maximum atomic E-state index is 11.8. The Morgan fingerprint density at radius 1 is 1.41 bits per heavy atom. The molecule has 0 aromatic heterocycles. The Balaban J connectivity index is 2.71. The molecule has 0 saturated heterocycles. The SMILES string of the molecule is COC(CCC1([N+](=O)[O-])CCCCC1=O)OC. The Bertz CT molecular complexity index is 290. The quantitative estimate of drug-likeness (QED) is 0.403. The smallest absolute Gasteiger partial charge is 0.279 e. The van der Waals surface area contributed by atoms with Crippen LogP contribution in [0.3, 0.4) is 0 Å². The number of nitrogens with zero attached hydrogens (tertiary/aromatic N) is 1. The second-order valence-electron chi connectivity index (χ2n) is 4.36. The van der Waals surface area contributed by atoms with Crippen molar-refractivity contribution in [3.05, 3.63) is 10.1 Å². The van der Waals surface area contributed by atoms with E-state index < -0.39 is 16.8 Å². The van der Waals surface area contributed by atoms with Gasteiger partial charge in [-0.2, -0.15) is 0 Å². The molecule has 0 N–H and O–H groups in total.